The van der Waals surface area contributed by atoms with Gasteiger partial charge in [-0.15, -0.1) is 0 Å². The molecule has 86 valence electrons. The molecule has 1 aliphatic rings. The Morgan fingerprint density at radius 1 is 1.38 bits per heavy atom. The van der Waals surface area contributed by atoms with E-state index in [2.05, 4.69) is 15.9 Å². The third-order valence-electron chi connectivity index (χ3n) is 2.87. The molecule has 16 heavy (non-hydrogen) atoms. The van der Waals surface area contributed by atoms with E-state index in [1.165, 1.54) is 0 Å². The molecule has 1 aromatic carbocycles. The lowest BCUT2D eigenvalue weighted by atomic mass is 10.1. The van der Waals surface area contributed by atoms with E-state index in [9.17, 15) is 9.90 Å². The monoisotopic (exact) mass is 283 g/mol. The standard InChI is InChI=1S/C12H14BrNO2/c1-7-4-11(8(2)3-10(7)13)14-6-9(15)5-12(14)16/h3-4,9,15H,5-6H2,1-2H3. The van der Waals surface area contributed by atoms with Crippen LogP contribution in [-0.2, 0) is 4.79 Å². The van der Waals surface area contributed by atoms with Gasteiger partial charge < -0.3 is 10.0 Å². The maximum Gasteiger partial charge on any atom is 0.229 e. The molecule has 0 aromatic heterocycles. The number of β-amino-alcohol motifs (C(OH)–C–C–N with tert-alkyl or cyclic N) is 1. The summed E-state index contributed by atoms with van der Waals surface area (Å²) >= 11 is 3.46. The number of benzene rings is 1. The number of rotatable bonds is 1. The average Bonchev–Trinajstić information content (AvgIpc) is 2.51. The molecular weight excluding hydrogens is 270 g/mol. The van der Waals surface area contributed by atoms with Crippen molar-refractivity contribution < 1.29 is 9.90 Å². The number of aliphatic hydroxyl groups is 1. The molecular formula is C12H14BrNO2. The minimum Gasteiger partial charge on any atom is -0.391 e. The summed E-state index contributed by atoms with van der Waals surface area (Å²) in [6.45, 7) is 4.36. The van der Waals surface area contributed by atoms with Crippen molar-refractivity contribution >= 4 is 27.5 Å². The fourth-order valence-corrected chi connectivity index (χ4v) is 2.44. The predicted octanol–water partition coefficient (Wildman–Crippen LogP) is 2.16. The van der Waals surface area contributed by atoms with Gasteiger partial charge in [0, 0.05) is 10.2 Å². The first-order valence-electron chi connectivity index (χ1n) is 5.24. The highest BCUT2D eigenvalue weighted by molar-refractivity contribution is 9.10. The zero-order valence-electron chi connectivity index (χ0n) is 9.33. The van der Waals surface area contributed by atoms with Crippen LogP contribution in [0.1, 0.15) is 17.5 Å². The third kappa shape index (κ3) is 1.99. The van der Waals surface area contributed by atoms with Crippen LogP contribution in [-0.4, -0.2) is 23.7 Å². The molecule has 1 aromatic rings. The molecule has 1 amide bonds. The molecule has 1 unspecified atom stereocenters. The maximum absolute atomic E-state index is 11.7. The fourth-order valence-electron chi connectivity index (χ4n) is 1.98. The van der Waals surface area contributed by atoms with Crippen molar-refractivity contribution in [2.45, 2.75) is 26.4 Å². The van der Waals surface area contributed by atoms with E-state index >= 15 is 0 Å². The van der Waals surface area contributed by atoms with Gasteiger partial charge in [-0.3, -0.25) is 4.79 Å². The molecule has 3 nitrogen and oxygen atoms in total. The van der Waals surface area contributed by atoms with Crippen LogP contribution in [0, 0.1) is 13.8 Å². The van der Waals surface area contributed by atoms with Gasteiger partial charge >= 0.3 is 0 Å². The Kier molecular flexibility index (Phi) is 3.04. The second kappa shape index (κ2) is 4.18. The molecule has 1 saturated heterocycles. The van der Waals surface area contributed by atoms with Crippen molar-refractivity contribution in [1.82, 2.24) is 0 Å². The van der Waals surface area contributed by atoms with E-state index in [1.807, 2.05) is 26.0 Å². The summed E-state index contributed by atoms with van der Waals surface area (Å²) < 4.78 is 1.04. The van der Waals surface area contributed by atoms with E-state index in [0.29, 0.717) is 6.54 Å². The molecule has 2 rings (SSSR count). The number of amides is 1. The van der Waals surface area contributed by atoms with E-state index in [0.717, 1.165) is 21.3 Å². The van der Waals surface area contributed by atoms with Crippen molar-refractivity contribution in [1.29, 1.82) is 0 Å². The Bertz CT molecular complexity index is 445. The summed E-state index contributed by atoms with van der Waals surface area (Å²) in [4.78, 5) is 13.4. The van der Waals surface area contributed by atoms with Gasteiger partial charge in [-0.05, 0) is 37.1 Å². The van der Waals surface area contributed by atoms with E-state index in [4.69, 9.17) is 0 Å². The highest BCUT2D eigenvalue weighted by atomic mass is 79.9. The van der Waals surface area contributed by atoms with Gasteiger partial charge in [-0.1, -0.05) is 15.9 Å². The molecule has 0 bridgehead atoms. The lowest BCUT2D eigenvalue weighted by Gasteiger charge is -2.19. The molecule has 1 heterocycles. The molecule has 0 aliphatic carbocycles. The number of nitrogens with zero attached hydrogens (tertiary/aromatic N) is 1. The first-order chi connectivity index (χ1) is 7.49. The Balaban J connectivity index is 2.41. The first kappa shape index (κ1) is 11.6. The lowest BCUT2D eigenvalue weighted by Crippen LogP contribution is -2.26. The average molecular weight is 284 g/mol. The number of aryl methyl sites for hydroxylation is 2. The SMILES string of the molecule is Cc1cc(N2CC(O)CC2=O)c(C)cc1Br. The second-order valence-electron chi connectivity index (χ2n) is 4.25. The summed E-state index contributed by atoms with van der Waals surface area (Å²) in [5, 5.41) is 9.47. The Morgan fingerprint density at radius 2 is 2.06 bits per heavy atom. The van der Waals surface area contributed by atoms with Gasteiger partial charge in [-0.25, -0.2) is 0 Å². The summed E-state index contributed by atoms with van der Waals surface area (Å²) in [6.07, 6.45) is -0.301. The lowest BCUT2D eigenvalue weighted by molar-refractivity contribution is -0.117. The van der Waals surface area contributed by atoms with Crippen LogP contribution < -0.4 is 4.90 Å². The van der Waals surface area contributed by atoms with Crippen molar-refractivity contribution in [2.24, 2.45) is 0 Å². The van der Waals surface area contributed by atoms with Crippen molar-refractivity contribution in [2.75, 3.05) is 11.4 Å². The summed E-state index contributed by atoms with van der Waals surface area (Å²) in [5.74, 6) is -0.00248. The normalized spacial score (nSPS) is 20.6. The number of carbonyl (C=O) groups excluding carboxylic acids is 1. The van der Waals surface area contributed by atoms with Crippen LogP contribution in [0.2, 0.25) is 0 Å². The number of hydrogen-bond acceptors (Lipinski definition) is 2. The van der Waals surface area contributed by atoms with Gasteiger partial charge in [0.25, 0.3) is 0 Å². The quantitative estimate of drug-likeness (QED) is 0.858. The van der Waals surface area contributed by atoms with Gasteiger partial charge in [0.15, 0.2) is 0 Å². The number of hydrogen-bond donors (Lipinski definition) is 1. The molecule has 1 aliphatic heterocycles. The predicted molar refractivity (Wildman–Crippen MR) is 66.6 cm³/mol. The molecule has 0 radical (unpaired) electrons. The number of aliphatic hydroxyl groups excluding tert-OH is 1. The first-order valence-corrected chi connectivity index (χ1v) is 6.03. The van der Waals surface area contributed by atoms with Crippen molar-refractivity contribution in [3.05, 3.63) is 27.7 Å². The van der Waals surface area contributed by atoms with Crippen molar-refractivity contribution in [3.63, 3.8) is 0 Å². The van der Waals surface area contributed by atoms with Crippen LogP contribution >= 0.6 is 15.9 Å². The van der Waals surface area contributed by atoms with Gasteiger partial charge in [0.05, 0.1) is 19.1 Å². The zero-order valence-corrected chi connectivity index (χ0v) is 10.9. The Morgan fingerprint density at radius 3 is 2.62 bits per heavy atom. The van der Waals surface area contributed by atoms with Gasteiger partial charge in [-0.2, -0.15) is 0 Å². The number of halogens is 1. The fraction of sp³-hybridized carbons (Fsp3) is 0.417. The molecule has 4 heteroatoms. The third-order valence-corrected chi connectivity index (χ3v) is 3.73. The molecule has 1 N–H and O–H groups in total. The minimum absolute atomic E-state index is 0.00248. The largest absolute Gasteiger partial charge is 0.391 e. The highest BCUT2D eigenvalue weighted by Crippen LogP contribution is 2.30. The van der Waals surface area contributed by atoms with Gasteiger partial charge in [0.2, 0.25) is 5.91 Å². The van der Waals surface area contributed by atoms with E-state index < -0.39 is 6.10 Å². The van der Waals surface area contributed by atoms with E-state index in [-0.39, 0.29) is 12.3 Å². The highest BCUT2D eigenvalue weighted by Gasteiger charge is 2.30. The zero-order chi connectivity index (χ0) is 11.9. The minimum atomic E-state index is -0.532. The Labute approximate surface area is 103 Å². The summed E-state index contributed by atoms with van der Waals surface area (Å²) in [7, 11) is 0. The molecule has 1 fully saturated rings. The smallest absolute Gasteiger partial charge is 0.229 e. The number of carbonyl (C=O) groups is 1. The van der Waals surface area contributed by atoms with Crippen LogP contribution in [0.15, 0.2) is 16.6 Å². The summed E-state index contributed by atoms with van der Waals surface area (Å²) in [6, 6.07) is 3.98. The second-order valence-corrected chi connectivity index (χ2v) is 5.10. The molecule has 0 spiro atoms. The number of anilines is 1. The van der Waals surface area contributed by atoms with E-state index in [1.54, 1.807) is 4.90 Å². The van der Waals surface area contributed by atoms with Crippen LogP contribution in [0.5, 0.6) is 0 Å². The summed E-state index contributed by atoms with van der Waals surface area (Å²) in [5.41, 5.74) is 3.04. The van der Waals surface area contributed by atoms with Crippen LogP contribution in [0.3, 0.4) is 0 Å². The van der Waals surface area contributed by atoms with Crippen molar-refractivity contribution in [3.8, 4) is 0 Å². The topological polar surface area (TPSA) is 40.5 Å². The van der Waals surface area contributed by atoms with Crippen LogP contribution in [0.4, 0.5) is 5.69 Å². The Hall–Kier alpha value is -0.870. The van der Waals surface area contributed by atoms with Gasteiger partial charge in [0.1, 0.15) is 0 Å². The molecule has 0 saturated carbocycles. The molecule has 1 atom stereocenters. The maximum atomic E-state index is 11.7. The van der Waals surface area contributed by atoms with Crippen LogP contribution in [0.25, 0.3) is 0 Å².